The normalized spacial score (nSPS) is 13.6. The smallest absolute Gasteiger partial charge is 0.126 e. The van der Waals surface area contributed by atoms with Crippen LogP contribution >= 0.6 is 0 Å². The predicted molar refractivity (Wildman–Crippen MR) is 52.5 cm³/mol. The Morgan fingerprint density at radius 2 is 1.92 bits per heavy atom. The van der Waals surface area contributed by atoms with Crippen LogP contribution in [-0.2, 0) is 0 Å². The number of hydrogen-bond acceptors (Lipinski definition) is 1. The first-order chi connectivity index (χ1) is 5.83. The first-order valence-electron chi connectivity index (χ1n) is 4.09. The fourth-order valence-electron chi connectivity index (χ4n) is 1.30. The molecule has 0 bridgehead atoms. The van der Waals surface area contributed by atoms with Crippen LogP contribution in [0.5, 0.6) is 5.75 Å². The molecule has 1 heteroatoms. The quantitative estimate of drug-likeness (QED) is 0.604. The summed E-state index contributed by atoms with van der Waals surface area (Å²) in [5.41, 5.74) is 0. The second-order valence-electron chi connectivity index (χ2n) is 2.54. The first kappa shape index (κ1) is 8.85. The molecule has 0 heterocycles. The highest BCUT2D eigenvalue weighted by atomic mass is 16.5. The second kappa shape index (κ2) is 3.96. The molecule has 0 saturated carbocycles. The maximum atomic E-state index is 5.23. The number of benzene rings is 1. The Morgan fingerprint density at radius 1 is 1.17 bits per heavy atom. The van der Waals surface area contributed by atoms with Gasteiger partial charge in [0.05, 0.1) is 7.11 Å². The van der Waals surface area contributed by atoms with Crippen LogP contribution in [0.2, 0.25) is 0 Å². The molecule has 1 aromatic rings. The fraction of sp³-hybridized carbons (Fsp3) is 0.273. The van der Waals surface area contributed by atoms with E-state index in [0.29, 0.717) is 0 Å². The Hall–Kier alpha value is -1.24. The zero-order valence-electron chi connectivity index (χ0n) is 7.79. The first-order valence-corrected chi connectivity index (χ1v) is 4.09. The average molecular weight is 162 g/mol. The maximum Gasteiger partial charge on any atom is 0.126 e. The van der Waals surface area contributed by atoms with Gasteiger partial charge in [-0.1, -0.05) is 24.3 Å². The van der Waals surface area contributed by atoms with Crippen molar-refractivity contribution in [3.63, 3.8) is 0 Å². The molecule has 1 aromatic carbocycles. The molecule has 0 unspecified atom stereocenters. The molecule has 0 radical (unpaired) electrons. The van der Waals surface area contributed by atoms with Crippen molar-refractivity contribution in [3.8, 4) is 5.75 Å². The summed E-state index contributed by atoms with van der Waals surface area (Å²) in [4.78, 5) is 0. The van der Waals surface area contributed by atoms with Gasteiger partial charge in [0, 0.05) is 5.22 Å². The Kier molecular flexibility index (Phi) is 2.92. The molecule has 0 N–H and O–H groups in total. The van der Waals surface area contributed by atoms with E-state index in [1.54, 1.807) is 7.11 Å². The van der Waals surface area contributed by atoms with Gasteiger partial charge < -0.3 is 4.74 Å². The van der Waals surface area contributed by atoms with E-state index in [4.69, 9.17) is 4.74 Å². The Bertz CT molecular complexity index is 363. The molecule has 0 amide bonds. The lowest BCUT2D eigenvalue weighted by Crippen LogP contribution is -2.25. The van der Waals surface area contributed by atoms with Crippen LogP contribution in [-0.4, -0.2) is 7.11 Å². The van der Waals surface area contributed by atoms with Crippen LogP contribution in [0.3, 0.4) is 0 Å². The Balaban J connectivity index is 3.56. The molecule has 0 aliphatic carbocycles. The predicted octanol–water partition coefficient (Wildman–Crippen LogP) is 1.30. The summed E-state index contributed by atoms with van der Waals surface area (Å²) in [6.07, 6.45) is 4.14. The van der Waals surface area contributed by atoms with E-state index in [0.717, 1.165) is 5.75 Å². The van der Waals surface area contributed by atoms with Gasteiger partial charge in [-0.3, -0.25) is 0 Å². The minimum absolute atomic E-state index is 0.938. The third-order valence-corrected chi connectivity index (χ3v) is 1.92. The highest BCUT2D eigenvalue weighted by Crippen LogP contribution is 1.96. The minimum atomic E-state index is 0.938. The molecule has 0 fully saturated rings. The van der Waals surface area contributed by atoms with Crippen molar-refractivity contribution in [1.29, 1.82) is 0 Å². The van der Waals surface area contributed by atoms with E-state index < -0.39 is 0 Å². The van der Waals surface area contributed by atoms with Gasteiger partial charge in [-0.2, -0.15) is 0 Å². The minimum Gasteiger partial charge on any atom is -0.496 e. The van der Waals surface area contributed by atoms with Crippen molar-refractivity contribution in [2.75, 3.05) is 7.11 Å². The summed E-state index contributed by atoms with van der Waals surface area (Å²) in [5, 5.41) is 2.39. The molecule has 0 saturated heterocycles. The van der Waals surface area contributed by atoms with Gasteiger partial charge in [-0.05, 0) is 25.1 Å². The number of rotatable bonds is 1. The molecule has 1 nitrogen and oxygen atoms in total. The average Bonchev–Trinajstić information content (AvgIpc) is 2.16. The van der Waals surface area contributed by atoms with Crippen LogP contribution in [0.4, 0.5) is 0 Å². The summed E-state index contributed by atoms with van der Waals surface area (Å²) in [5.74, 6) is 0.938. The van der Waals surface area contributed by atoms with E-state index in [-0.39, 0.29) is 0 Å². The Morgan fingerprint density at radius 3 is 2.42 bits per heavy atom. The second-order valence-corrected chi connectivity index (χ2v) is 2.54. The van der Waals surface area contributed by atoms with Crippen molar-refractivity contribution in [1.82, 2.24) is 0 Å². The lowest BCUT2D eigenvalue weighted by molar-refractivity contribution is 0.411. The van der Waals surface area contributed by atoms with Crippen molar-refractivity contribution in [2.24, 2.45) is 0 Å². The molecule has 12 heavy (non-hydrogen) atoms. The van der Waals surface area contributed by atoms with Gasteiger partial charge in [0.1, 0.15) is 5.75 Å². The van der Waals surface area contributed by atoms with Gasteiger partial charge >= 0.3 is 0 Å². The van der Waals surface area contributed by atoms with Gasteiger partial charge in [-0.25, -0.2) is 0 Å². The number of methoxy groups -OCH3 is 1. The Labute approximate surface area is 73.0 Å². The third-order valence-electron chi connectivity index (χ3n) is 1.92. The number of ether oxygens (including phenoxy) is 1. The third kappa shape index (κ3) is 1.50. The number of hydrogen-bond donors (Lipinski definition) is 0. The molecule has 0 spiro atoms. The van der Waals surface area contributed by atoms with Gasteiger partial charge in [-0.15, -0.1) is 0 Å². The van der Waals surface area contributed by atoms with E-state index >= 15 is 0 Å². The van der Waals surface area contributed by atoms with Gasteiger partial charge in [0.15, 0.2) is 0 Å². The molecule has 1 rings (SSSR count). The standard InChI is InChI=1S/C11H14O/c1-4-9-7-6-8-11(12-3)10(9)5-2/h4-8H,1-3H3/b9-4-,10-5+. The van der Waals surface area contributed by atoms with E-state index in [1.807, 2.05) is 26.0 Å². The lowest BCUT2D eigenvalue weighted by atomic mass is 10.2. The largest absolute Gasteiger partial charge is 0.496 e. The molecule has 0 aromatic heterocycles. The summed E-state index contributed by atoms with van der Waals surface area (Å²) < 4.78 is 5.23. The van der Waals surface area contributed by atoms with Crippen molar-refractivity contribution >= 4 is 12.2 Å². The van der Waals surface area contributed by atoms with Crippen LogP contribution in [0.1, 0.15) is 13.8 Å². The van der Waals surface area contributed by atoms with E-state index in [1.165, 1.54) is 10.4 Å². The van der Waals surface area contributed by atoms with Crippen molar-refractivity contribution in [2.45, 2.75) is 13.8 Å². The lowest BCUT2D eigenvalue weighted by Gasteiger charge is -2.00. The molecule has 64 valence electrons. The zero-order valence-corrected chi connectivity index (χ0v) is 7.79. The van der Waals surface area contributed by atoms with E-state index in [9.17, 15) is 0 Å². The summed E-state index contributed by atoms with van der Waals surface area (Å²) in [7, 11) is 1.70. The summed E-state index contributed by atoms with van der Waals surface area (Å²) >= 11 is 0. The summed E-state index contributed by atoms with van der Waals surface area (Å²) in [6.45, 7) is 4.05. The van der Waals surface area contributed by atoms with E-state index in [2.05, 4.69) is 18.2 Å². The van der Waals surface area contributed by atoms with Crippen LogP contribution in [0.25, 0.3) is 12.2 Å². The monoisotopic (exact) mass is 162 g/mol. The molecule has 0 aliphatic rings. The fourth-order valence-corrected chi connectivity index (χ4v) is 1.30. The highest BCUT2D eigenvalue weighted by molar-refractivity contribution is 5.37. The topological polar surface area (TPSA) is 9.23 Å². The summed E-state index contributed by atoms with van der Waals surface area (Å²) in [6, 6.07) is 6.06. The van der Waals surface area contributed by atoms with Crippen LogP contribution in [0, 0.1) is 0 Å². The van der Waals surface area contributed by atoms with Gasteiger partial charge in [0.25, 0.3) is 0 Å². The molecular weight excluding hydrogens is 148 g/mol. The highest BCUT2D eigenvalue weighted by Gasteiger charge is 1.91. The molecule has 0 aliphatic heterocycles. The van der Waals surface area contributed by atoms with Gasteiger partial charge in [0.2, 0.25) is 0 Å². The van der Waals surface area contributed by atoms with Crippen LogP contribution in [0.15, 0.2) is 18.2 Å². The molecular formula is C11H14O. The van der Waals surface area contributed by atoms with Crippen molar-refractivity contribution in [3.05, 3.63) is 28.6 Å². The van der Waals surface area contributed by atoms with Crippen molar-refractivity contribution < 1.29 is 4.74 Å². The zero-order chi connectivity index (χ0) is 8.97. The SMILES string of the molecule is C/C=c1/cccc(OC)/c1=C/C. The van der Waals surface area contributed by atoms with Crippen LogP contribution < -0.4 is 15.2 Å². The maximum absolute atomic E-state index is 5.23. The molecule has 0 atom stereocenters.